The number of carboxylic acids is 2. The van der Waals surface area contributed by atoms with Gasteiger partial charge in [-0.25, -0.2) is 4.79 Å². The van der Waals surface area contributed by atoms with Crippen LogP contribution in [-0.4, -0.2) is 88.6 Å². The zero-order valence-corrected chi connectivity index (χ0v) is 22.4. The molecule has 0 aliphatic rings. The molecule has 0 bridgehead atoms. The van der Waals surface area contributed by atoms with Gasteiger partial charge in [0.1, 0.15) is 18.1 Å². The van der Waals surface area contributed by atoms with Crippen LogP contribution in [0.25, 0.3) is 0 Å². The van der Waals surface area contributed by atoms with E-state index in [-0.39, 0.29) is 37.7 Å². The molecule has 0 rings (SSSR count). The second-order valence-electron chi connectivity index (χ2n) is 8.60. The molecule has 37 heavy (non-hydrogen) atoms. The summed E-state index contributed by atoms with van der Waals surface area (Å²) in [6.07, 6.45) is 2.34. The van der Waals surface area contributed by atoms with Crippen LogP contribution in [-0.2, 0) is 24.0 Å². The normalized spacial score (nSPS) is 14.8. The monoisotopic (exact) mass is 547 g/mol. The lowest BCUT2D eigenvalue weighted by Crippen LogP contribution is -2.58. The Labute approximate surface area is 220 Å². The Balaban J connectivity index is 5.66. The first-order chi connectivity index (χ1) is 17.3. The first kappa shape index (κ1) is 33.9. The Hall–Kier alpha value is -3.07. The maximum atomic E-state index is 13.2. The zero-order valence-electron chi connectivity index (χ0n) is 21.6. The van der Waals surface area contributed by atoms with Crippen molar-refractivity contribution in [3.8, 4) is 0 Å². The van der Waals surface area contributed by atoms with E-state index in [1.165, 1.54) is 11.8 Å². The van der Waals surface area contributed by atoms with E-state index in [2.05, 4.69) is 20.9 Å². The van der Waals surface area contributed by atoms with Crippen LogP contribution < -0.4 is 33.2 Å². The van der Waals surface area contributed by atoms with E-state index in [1.54, 1.807) is 6.92 Å². The second kappa shape index (κ2) is 18.2. The summed E-state index contributed by atoms with van der Waals surface area (Å²) in [4.78, 5) is 64.9. The van der Waals surface area contributed by atoms with E-state index in [0.29, 0.717) is 18.6 Å². The van der Waals surface area contributed by atoms with E-state index >= 15 is 0 Å². The van der Waals surface area contributed by atoms with Crippen molar-refractivity contribution in [1.29, 1.82) is 0 Å². The predicted molar refractivity (Wildman–Crippen MR) is 141 cm³/mol. The number of aliphatic imine (C=N–C) groups is 1. The van der Waals surface area contributed by atoms with Crippen molar-refractivity contribution in [2.45, 2.75) is 76.5 Å². The third kappa shape index (κ3) is 14.3. The van der Waals surface area contributed by atoms with Crippen molar-refractivity contribution in [3.63, 3.8) is 0 Å². The standard InChI is InChI=1S/C22H41N7O7S/c1-4-12(2)17(29-18(32)13(23)9-11-37-3)20(34)27-14(6-5-10-26-22(24)25)19(33)28-15(21(35)36)7-8-16(30)31/h12-15,17H,4-11,23H2,1-3H3,(H,27,34)(H,28,33)(H,29,32)(H,30,31)(H,35,36)(H4,24,25,26). The van der Waals surface area contributed by atoms with Crippen molar-refractivity contribution in [2.75, 3.05) is 18.6 Å². The van der Waals surface area contributed by atoms with Gasteiger partial charge in [-0.05, 0) is 43.6 Å². The molecule has 5 atom stereocenters. The fourth-order valence-electron chi connectivity index (χ4n) is 3.17. The second-order valence-corrected chi connectivity index (χ2v) is 9.59. The predicted octanol–water partition coefficient (Wildman–Crippen LogP) is -1.43. The summed E-state index contributed by atoms with van der Waals surface area (Å²) in [7, 11) is 0. The molecule has 14 nitrogen and oxygen atoms in total. The Morgan fingerprint density at radius 3 is 2.05 bits per heavy atom. The third-order valence-electron chi connectivity index (χ3n) is 5.60. The SMILES string of the molecule is CCC(C)C(NC(=O)C(N)CCSC)C(=O)NC(CCCN=C(N)N)C(=O)NC(CCC(=O)O)C(=O)O. The number of carboxylic acid groups (broad SMARTS) is 2. The molecule has 0 radical (unpaired) electrons. The Morgan fingerprint density at radius 2 is 1.54 bits per heavy atom. The Bertz CT molecular complexity index is 808. The van der Waals surface area contributed by atoms with Crippen LogP contribution in [0.15, 0.2) is 4.99 Å². The van der Waals surface area contributed by atoms with Crippen LogP contribution in [0, 0.1) is 5.92 Å². The van der Waals surface area contributed by atoms with Gasteiger partial charge in [-0.3, -0.25) is 24.2 Å². The molecule has 0 saturated carbocycles. The molecule has 0 aromatic heterocycles. The minimum atomic E-state index is -1.47. The molecule has 0 spiro atoms. The van der Waals surface area contributed by atoms with Crippen LogP contribution in [0.4, 0.5) is 0 Å². The highest BCUT2D eigenvalue weighted by Crippen LogP contribution is 2.11. The summed E-state index contributed by atoms with van der Waals surface area (Å²) in [5.41, 5.74) is 16.5. The van der Waals surface area contributed by atoms with Gasteiger partial charge >= 0.3 is 11.9 Å². The fraction of sp³-hybridized carbons (Fsp3) is 0.727. The average Bonchev–Trinajstić information content (AvgIpc) is 2.83. The largest absolute Gasteiger partial charge is 0.481 e. The topological polar surface area (TPSA) is 252 Å². The molecule has 11 N–H and O–H groups in total. The smallest absolute Gasteiger partial charge is 0.326 e. The van der Waals surface area contributed by atoms with E-state index in [1.807, 2.05) is 13.2 Å². The van der Waals surface area contributed by atoms with E-state index < -0.39 is 60.2 Å². The number of aliphatic carboxylic acids is 2. The van der Waals surface area contributed by atoms with Crippen molar-refractivity contribution < 1.29 is 34.2 Å². The molecule has 5 unspecified atom stereocenters. The van der Waals surface area contributed by atoms with Crippen LogP contribution in [0.1, 0.15) is 52.4 Å². The molecule has 15 heteroatoms. The highest BCUT2D eigenvalue weighted by Gasteiger charge is 2.32. The lowest BCUT2D eigenvalue weighted by atomic mass is 9.97. The van der Waals surface area contributed by atoms with Gasteiger partial charge in [-0.2, -0.15) is 11.8 Å². The molecule has 0 aliphatic heterocycles. The number of nitrogens with zero attached hydrogens (tertiary/aromatic N) is 1. The van der Waals surface area contributed by atoms with Gasteiger partial charge in [0.25, 0.3) is 0 Å². The molecule has 3 amide bonds. The quantitative estimate of drug-likeness (QED) is 0.0528. The number of hydrogen-bond donors (Lipinski definition) is 8. The molecule has 0 aromatic rings. The fourth-order valence-corrected chi connectivity index (χ4v) is 3.66. The molecule has 212 valence electrons. The van der Waals surface area contributed by atoms with Gasteiger partial charge in [0, 0.05) is 13.0 Å². The number of nitrogens with two attached hydrogens (primary N) is 3. The number of carbonyl (C=O) groups excluding carboxylic acids is 3. The zero-order chi connectivity index (χ0) is 28.5. The van der Waals surface area contributed by atoms with E-state index in [4.69, 9.17) is 22.3 Å². The first-order valence-electron chi connectivity index (χ1n) is 12.0. The summed E-state index contributed by atoms with van der Waals surface area (Å²) in [5.74, 6) is -4.37. The van der Waals surface area contributed by atoms with Crippen molar-refractivity contribution in [3.05, 3.63) is 0 Å². The first-order valence-corrected chi connectivity index (χ1v) is 13.4. The van der Waals surface area contributed by atoms with Gasteiger partial charge < -0.3 is 43.4 Å². The number of guanidine groups is 1. The van der Waals surface area contributed by atoms with Gasteiger partial charge in [-0.15, -0.1) is 0 Å². The van der Waals surface area contributed by atoms with E-state index in [9.17, 15) is 29.1 Å². The minimum Gasteiger partial charge on any atom is -0.481 e. The van der Waals surface area contributed by atoms with Gasteiger partial charge in [0.2, 0.25) is 17.7 Å². The van der Waals surface area contributed by atoms with Gasteiger partial charge in [0.15, 0.2) is 5.96 Å². The molecular weight excluding hydrogens is 506 g/mol. The van der Waals surface area contributed by atoms with Gasteiger partial charge in [0.05, 0.1) is 6.04 Å². The number of carbonyl (C=O) groups is 5. The number of thioether (sulfide) groups is 1. The average molecular weight is 548 g/mol. The maximum absolute atomic E-state index is 13.2. The van der Waals surface area contributed by atoms with Crippen molar-refractivity contribution in [2.24, 2.45) is 28.1 Å². The molecule has 0 aliphatic carbocycles. The number of hydrogen-bond acceptors (Lipinski definition) is 8. The molecular formula is C22H41N7O7S. The summed E-state index contributed by atoms with van der Waals surface area (Å²) >= 11 is 1.53. The van der Waals surface area contributed by atoms with Crippen molar-refractivity contribution in [1.82, 2.24) is 16.0 Å². The van der Waals surface area contributed by atoms with Crippen LogP contribution in [0.5, 0.6) is 0 Å². The summed E-state index contributed by atoms with van der Waals surface area (Å²) < 4.78 is 0. The molecule has 0 fully saturated rings. The number of amides is 3. The van der Waals surface area contributed by atoms with Crippen LogP contribution in [0.3, 0.4) is 0 Å². The van der Waals surface area contributed by atoms with Crippen molar-refractivity contribution >= 4 is 47.4 Å². The molecule has 0 saturated heterocycles. The van der Waals surface area contributed by atoms with Crippen LogP contribution >= 0.6 is 11.8 Å². The summed E-state index contributed by atoms with van der Waals surface area (Å²) in [6.45, 7) is 3.75. The lowest BCUT2D eigenvalue weighted by molar-refractivity contribution is -0.143. The Kier molecular flexibility index (Phi) is 16.7. The molecule has 0 heterocycles. The highest BCUT2D eigenvalue weighted by molar-refractivity contribution is 7.98. The number of nitrogens with one attached hydrogen (secondary N) is 3. The maximum Gasteiger partial charge on any atom is 0.326 e. The highest BCUT2D eigenvalue weighted by atomic mass is 32.2. The van der Waals surface area contributed by atoms with Gasteiger partial charge in [-0.1, -0.05) is 20.3 Å². The molecule has 0 aromatic carbocycles. The summed E-state index contributed by atoms with van der Waals surface area (Å²) in [6, 6.07) is -4.47. The third-order valence-corrected chi connectivity index (χ3v) is 6.25. The Morgan fingerprint density at radius 1 is 0.919 bits per heavy atom. The van der Waals surface area contributed by atoms with Crippen LogP contribution in [0.2, 0.25) is 0 Å². The minimum absolute atomic E-state index is 0.0496. The lowest BCUT2D eigenvalue weighted by Gasteiger charge is -2.28. The van der Waals surface area contributed by atoms with E-state index in [0.717, 1.165) is 0 Å². The number of rotatable bonds is 19. The summed E-state index contributed by atoms with van der Waals surface area (Å²) in [5, 5.41) is 25.8.